The van der Waals surface area contributed by atoms with E-state index in [9.17, 15) is 4.79 Å². The number of oxime groups is 1. The number of carbonyl (C=O) groups is 1. The molecule has 0 aliphatic carbocycles. The van der Waals surface area contributed by atoms with Crippen LogP contribution in [0.25, 0.3) is 0 Å². The zero-order valence-electron chi connectivity index (χ0n) is 9.55. The van der Waals surface area contributed by atoms with Crippen molar-refractivity contribution in [1.82, 2.24) is 4.90 Å². The summed E-state index contributed by atoms with van der Waals surface area (Å²) in [6.45, 7) is 2.16. The van der Waals surface area contributed by atoms with Crippen molar-refractivity contribution in [2.24, 2.45) is 16.8 Å². The van der Waals surface area contributed by atoms with Gasteiger partial charge < -0.3 is 15.8 Å². The number of halogens is 1. The molecule has 0 spiro atoms. The van der Waals surface area contributed by atoms with Gasteiger partial charge in [0.15, 0.2) is 0 Å². The highest BCUT2D eigenvalue weighted by Gasteiger charge is 2.18. The van der Waals surface area contributed by atoms with Gasteiger partial charge in [-0.15, -0.1) is 11.3 Å². The van der Waals surface area contributed by atoms with E-state index < -0.39 is 0 Å². The van der Waals surface area contributed by atoms with Crippen molar-refractivity contribution in [3.63, 3.8) is 0 Å². The molecule has 1 atom stereocenters. The normalized spacial score (nSPS) is 13.5. The topological polar surface area (TPSA) is 78.9 Å². The minimum absolute atomic E-state index is 0.105. The lowest BCUT2D eigenvalue weighted by Crippen LogP contribution is -2.36. The van der Waals surface area contributed by atoms with Crippen LogP contribution in [0.3, 0.4) is 0 Å². The van der Waals surface area contributed by atoms with Crippen LogP contribution in [-0.2, 0) is 0 Å². The summed E-state index contributed by atoms with van der Waals surface area (Å²) in [6.07, 6.45) is 0. The molecule has 3 N–H and O–H groups in total. The van der Waals surface area contributed by atoms with Crippen LogP contribution in [0.15, 0.2) is 17.3 Å². The van der Waals surface area contributed by atoms with Crippen molar-refractivity contribution in [3.8, 4) is 0 Å². The Kier molecular flexibility index (Phi) is 4.77. The second-order valence-electron chi connectivity index (χ2n) is 3.72. The third-order valence-electron chi connectivity index (χ3n) is 2.30. The van der Waals surface area contributed by atoms with Crippen molar-refractivity contribution >= 4 is 34.7 Å². The summed E-state index contributed by atoms with van der Waals surface area (Å²) in [5.74, 6) is -0.224. The molecule has 0 aliphatic rings. The van der Waals surface area contributed by atoms with Crippen LogP contribution in [0.2, 0.25) is 4.34 Å². The summed E-state index contributed by atoms with van der Waals surface area (Å²) in [5.41, 5.74) is 5.45. The Bertz CT molecular complexity index is 433. The number of hydrogen-bond acceptors (Lipinski definition) is 4. The maximum Gasteiger partial charge on any atom is 0.263 e. The Labute approximate surface area is 108 Å². The van der Waals surface area contributed by atoms with Crippen LogP contribution in [-0.4, -0.2) is 35.4 Å². The molecule has 1 aromatic rings. The van der Waals surface area contributed by atoms with Crippen LogP contribution >= 0.6 is 22.9 Å². The van der Waals surface area contributed by atoms with E-state index >= 15 is 0 Å². The van der Waals surface area contributed by atoms with Crippen LogP contribution in [0, 0.1) is 5.92 Å². The predicted molar refractivity (Wildman–Crippen MR) is 68.9 cm³/mol. The maximum absolute atomic E-state index is 11.9. The first kappa shape index (κ1) is 13.8. The molecule has 5 nitrogen and oxygen atoms in total. The van der Waals surface area contributed by atoms with Gasteiger partial charge in [-0.1, -0.05) is 23.7 Å². The van der Waals surface area contributed by atoms with E-state index in [0.29, 0.717) is 15.8 Å². The number of nitrogens with two attached hydrogens (primary N) is 1. The first-order valence-electron chi connectivity index (χ1n) is 4.94. The number of carbonyl (C=O) groups excluding carboxylic acids is 1. The van der Waals surface area contributed by atoms with Crippen LogP contribution in [0.1, 0.15) is 16.6 Å². The molecular formula is C10H14ClN3O2S. The molecule has 0 radical (unpaired) electrons. The SMILES string of the molecule is CC(CN(C)C(=O)c1ccc(Cl)s1)C(N)=NO. The molecule has 1 aromatic heterocycles. The average molecular weight is 276 g/mol. The number of hydrogen-bond donors (Lipinski definition) is 2. The lowest BCUT2D eigenvalue weighted by molar-refractivity contribution is 0.0791. The molecule has 7 heteroatoms. The second-order valence-corrected chi connectivity index (χ2v) is 5.43. The van der Waals surface area contributed by atoms with Gasteiger partial charge in [-0.2, -0.15) is 0 Å². The number of nitrogens with zero attached hydrogens (tertiary/aromatic N) is 2. The van der Waals surface area contributed by atoms with E-state index in [2.05, 4.69) is 5.16 Å². The Balaban J connectivity index is 2.65. The van der Waals surface area contributed by atoms with Crippen molar-refractivity contribution in [3.05, 3.63) is 21.3 Å². The lowest BCUT2D eigenvalue weighted by Gasteiger charge is -2.20. The quantitative estimate of drug-likeness (QED) is 0.381. The highest BCUT2D eigenvalue weighted by molar-refractivity contribution is 7.17. The van der Waals surface area contributed by atoms with Gasteiger partial charge in [0.25, 0.3) is 5.91 Å². The zero-order chi connectivity index (χ0) is 13.0. The van der Waals surface area contributed by atoms with Crippen molar-refractivity contribution in [2.75, 3.05) is 13.6 Å². The van der Waals surface area contributed by atoms with Crippen LogP contribution in [0.5, 0.6) is 0 Å². The number of thiophene rings is 1. The molecule has 1 rings (SSSR count). The van der Waals surface area contributed by atoms with E-state index in [4.69, 9.17) is 22.5 Å². The molecule has 1 unspecified atom stereocenters. The van der Waals surface area contributed by atoms with Crippen LogP contribution in [0.4, 0.5) is 0 Å². The van der Waals surface area contributed by atoms with Gasteiger partial charge in [0, 0.05) is 19.5 Å². The average Bonchev–Trinajstić information content (AvgIpc) is 2.73. The van der Waals surface area contributed by atoms with Gasteiger partial charge in [0.2, 0.25) is 0 Å². The Morgan fingerprint density at radius 3 is 2.82 bits per heavy atom. The summed E-state index contributed by atoms with van der Waals surface area (Å²) >= 11 is 6.99. The number of rotatable bonds is 4. The lowest BCUT2D eigenvalue weighted by atomic mass is 10.1. The summed E-state index contributed by atoms with van der Waals surface area (Å²) in [5, 5.41) is 11.4. The molecule has 1 heterocycles. The summed E-state index contributed by atoms with van der Waals surface area (Å²) in [6, 6.07) is 3.36. The fourth-order valence-corrected chi connectivity index (χ4v) is 2.34. The van der Waals surface area contributed by atoms with Gasteiger partial charge in [-0.3, -0.25) is 4.79 Å². The third-order valence-corrected chi connectivity index (χ3v) is 3.52. The van der Waals surface area contributed by atoms with E-state index in [1.165, 1.54) is 16.2 Å². The molecule has 0 aliphatic heterocycles. The van der Waals surface area contributed by atoms with Crippen molar-refractivity contribution < 1.29 is 10.0 Å². The predicted octanol–water partition coefficient (Wildman–Crippen LogP) is 1.86. The molecule has 1 amide bonds. The van der Waals surface area contributed by atoms with Gasteiger partial charge in [0.1, 0.15) is 5.84 Å². The fourth-order valence-electron chi connectivity index (χ4n) is 1.30. The largest absolute Gasteiger partial charge is 0.409 e. The number of amidine groups is 1. The summed E-state index contributed by atoms with van der Waals surface area (Å²) in [7, 11) is 1.66. The Hall–Kier alpha value is -1.27. The van der Waals surface area contributed by atoms with Crippen LogP contribution < -0.4 is 5.73 Å². The number of amides is 1. The van der Waals surface area contributed by atoms with E-state index in [-0.39, 0.29) is 17.7 Å². The maximum atomic E-state index is 11.9. The molecule has 0 saturated carbocycles. The highest BCUT2D eigenvalue weighted by Crippen LogP contribution is 2.22. The summed E-state index contributed by atoms with van der Waals surface area (Å²) in [4.78, 5) is 14.0. The zero-order valence-corrected chi connectivity index (χ0v) is 11.1. The second kappa shape index (κ2) is 5.88. The molecule has 0 fully saturated rings. The Morgan fingerprint density at radius 2 is 2.35 bits per heavy atom. The molecule has 0 saturated heterocycles. The molecular weight excluding hydrogens is 262 g/mol. The monoisotopic (exact) mass is 275 g/mol. The minimum atomic E-state index is -0.204. The van der Waals surface area contributed by atoms with Gasteiger partial charge in [-0.25, -0.2) is 0 Å². The molecule has 0 aromatic carbocycles. The first-order valence-corrected chi connectivity index (χ1v) is 6.13. The van der Waals surface area contributed by atoms with Gasteiger partial charge >= 0.3 is 0 Å². The summed E-state index contributed by atoms with van der Waals surface area (Å²) < 4.78 is 0.575. The first-order chi connectivity index (χ1) is 7.95. The van der Waals surface area contributed by atoms with Gasteiger partial charge in [0.05, 0.1) is 9.21 Å². The smallest absolute Gasteiger partial charge is 0.263 e. The third kappa shape index (κ3) is 3.61. The minimum Gasteiger partial charge on any atom is -0.409 e. The molecule has 94 valence electrons. The van der Waals surface area contributed by atoms with E-state index in [1.54, 1.807) is 26.1 Å². The van der Waals surface area contributed by atoms with E-state index in [1.807, 2.05) is 0 Å². The van der Waals surface area contributed by atoms with Crippen molar-refractivity contribution in [2.45, 2.75) is 6.92 Å². The molecule has 0 bridgehead atoms. The molecule has 17 heavy (non-hydrogen) atoms. The highest BCUT2D eigenvalue weighted by atomic mass is 35.5. The van der Waals surface area contributed by atoms with Gasteiger partial charge in [-0.05, 0) is 12.1 Å². The Morgan fingerprint density at radius 1 is 1.71 bits per heavy atom. The van der Waals surface area contributed by atoms with E-state index in [0.717, 1.165) is 0 Å². The fraction of sp³-hybridized carbons (Fsp3) is 0.400. The van der Waals surface area contributed by atoms with Crippen molar-refractivity contribution in [1.29, 1.82) is 0 Å². The standard InChI is InChI=1S/C10H14ClN3O2S/c1-6(9(12)13-16)5-14(2)10(15)7-3-4-8(11)17-7/h3-4,6,16H,5H2,1-2H3,(H2,12,13).